The molecule has 0 aliphatic carbocycles. The maximum atomic E-state index is 12.0. The number of hydrogen-bond donors (Lipinski definition) is 2. The lowest BCUT2D eigenvalue weighted by molar-refractivity contribution is -0.129. The quantitative estimate of drug-likeness (QED) is 0.587. The molecule has 3 rings (SSSR count). The van der Waals surface area contributed by atoms with E-state index in [4.69, 9.17) is 16.3 Å². The smallest absolute Gasteiger partial charge is 0.357 e. The van der Waals surface area contributed by atoms with Crippen LogP contribution in [0.25, 0.3) is 5.57 Å². The van der Waals surface area contributed by atoms with E-state index in [9.17, 15) is 9.90 Å². The Balaban J connectivity index is 1.95. The van der Waals surface area contributed by atoms with Crippen LogP contribution in [0.15, 0.2) is 65.9 Å². The third-order valence-electron chi connectivity index (χ3n) is 4.04. The normalized spacial score (nSPS) is 15.5. The summed E-state index contributed by atoms with van der Waals surface area (Å²) < 4.78 is 5.37. The van der Waals surface area contributed by atoms with Crippen LogP contribution in [-0.2, 0) is 9.53 Å². The monoisotopic (exact) mass is 385 g/mol. The maximum absolute atomic E-state index is 12.0. The highest BCUT2D eigenvalue weighted by Crippen LogP contribution is 2.19. The van der Waals surface area contributed by atoms with Gasteiger partial charge in [0.15, 0.2) is 5.71 Å². The number of benzene rings is 2. The Hall–Kier alpha value is -2.83. The first-order valence-electron chi connectivity index (χ1n) is 8.55. The van der Waals surface area contributed by atoms with Crippen molar-refractivity contribution in [3.63, 3.8) is 0 Å². The molecule has 1 fully saturated rings. The lowest BCUT2D eigenvalue weighted by Gasteiger charge is -2.26. The molecular weight excluding hydrogens is 366 g/mol. The number of hydrazone groups is 1. The summed E-state index contributed by atoms with van der Waals surface area (Å²) >= 11 is 5.88. The predicted molar refractivity (Wildman–Crippen MR) is 107 cm³/mol. The molecule has 1 aliphatic heterocycles. The number of morpholine rings is 1. The average molecular weight is 386 g/mol. The van der Waals surface area contributed by atoms with Crippen LogP contribution in [0.2, 0.25) is 5.02 Å². The standard InChI is InChI=1S/C20H20ClN3O3/c21-16-6-8-17(9-7-16)22-23-19(20(25)26)18(15-4-2-1-3-5-15)14-24-10-12-27-13-11-24/h1-9,14,22H,10-13H2,(H,25,26). The summed E-state index contributed by atoms with van der Waals surface area (Å²) in [5.74, 6) is -1.11. The summed E-state index contributed by atoms with van der Waals surface area (Å²) in [6.45, 7) is 2.63. The fourth-order valence-corrected chi connectivity index (χ4v) is 2.77. The molecule has 2 N–H and O–H groups in total. The van der Waals surface area contributed by atoms with E-state index in [1.54, 1.807) is 24.3 Å². The zero-order valence-electron chi connectivity index (χ0n) is 14.6. The van der Waals surface area contributed by atoms with Crippen LogP contribution in [0.3, 0.4) is 0 Å². The summed E-state index contributed by atoms with van der Waals surface area (Å²) in [5.41, 5.74) is 4.70. The van der Waals surface area contributed by atoms with Crippen LogP contribution in [0.5, 0.6) is 0 Å². The molecular formula is C20H20ClN3O3. The van der Waals surface area contributed by atoms with Gasteiger partial charge in [0.1, 0.15) is 0 Å². The van der Waals surface area contributed by atoms with Crippen LogP contribution in [-0.4, -0.2) is 48.0 Å². The molecule has 27 heavy (non-hydrogen) atoms. The second-order valence-corrected chi connectivity index (χ2v) is 6.38. The van der Waals surface area contributed by atoms with E-state index in [-0.39, 0.29) is 5.71 Å². The summed E-state index contributed by atoms with van der Waals surface area (Å²) in [5, 5.41) is 14.5. The Bertz CT molecular complexity index is 829. The van der Waals surface area contributed by atoms with E-state index >= 15 is 0 Å². The number of carboxylic acids is 1. The van der Waals surface area contributed by atoms with Crippen LogP contribution in [0, 0.1) is 0 Å². The largest absolute Gasteiger partial charge is 0.476 e. The fourth-order valence-electron chi connectivity index (χ4n) is 2.65. The molecule has 2 aromatic rings. The highest BCUT2D eigenvalue weighted by Gasteiger charge is 2.20. The minimum absolute atomic E-state index is 0.0670. The number of carboxylic acid groups (broad SMARTS) is 1. The Kier molecular flexibility index (Phi) is 6.46. The van der Waals surface area contributed by atoms with Gasteiger partial charge >= 0.3 is 5.97 Å². The highest BCUT2D eigenvalue weighted by atomic mass is 35.5. The van der Waals surface area contributed by atoms with Crippen molar-refractivity contribution in [1.82, 2.24) is 4.90 Å². The molecule has 7 heteroatoms. The summed E-state index contributed by atoms with van der Waals surface area (Å²) in [4.78, 5) is 14.0. The molecule has 1 heterocycles. The minimum atomic E-state index is -1.11. The van der Waals surface area contributed by atoms with Crippen LogP contribution in [0.4, 0.5) is 5.69 Å². The number of ether oxygens (including phenoxy) is 1. The molecule has 0 aromatic heterocycles. The second-order valence-electron chi connectivity index (χ2n) is 5.94. The van der Waals surface area contributed by atoms with Gasteiger partial charge in [-0.1, -0.05) is 41.9 Å². The van der Waals surface area contributed by atoms with Gasteiger partial charge < -0.3 is 14.7 Å². The van der Waals surface area contributed by atoms with E-state index in [1.807, 2.05) is 41.4 Å². The first-order valence-corrected chi connectivity index (χ1v) is 8.93. The van der Waals surface area contributed by atoms with Crippen molar-refractivity contribution in [3.8, 4) is 0 Å². The number of aliphatic carboxylic acids is 1. The molecule has 0 amide bonds. The van der Waals surface area contributed by atoms with E-state index in [1.165, 1.54) is 0 Å². The summed E-state index contributed by atoms with van der Waals surface area (Å²) in [7, 11) is 0. The predicted octanol–water partition coefficient (Wildman–Crippen LogP) is 3.57. The van der Waals surface area contributed by atoms with Gasteiger partial charge in [-0.05, 0) is 29.8 Å². The molecule has 1 aliphatic rings. The molecule has 0 spiro atoms. The van der Waals surface area contributed by atoms with Crippen molar-refractivity contribution in [2.75, 3.05) is 31.7 Å². The Morgan fingerprint density at radius 3 is 2.41 bits per heavy atom. The number of rotatable bonds is 6. The third kappa shape index (κ3) is 5.32. The SMILES string of the molecule is O=C(O)C(=NNc1ccc(Cl)cc1)C(=CN1CCOCC1)c1ccccc1. The van der Waals surface area contributed by atoms with Crippen molar-refractivity contribution in [3.05, 3.63) is 71.4 Å². The number of halogens is 1. The van der Waals surface area contributed by atoms with Crippen molar-refractivity contribution in [2.45, 2.75) is 0 Å². The molecule has 2 aromatic carbocycles. The van der Waals surface area contributed by atoms with Crippen LogP contribution < -0.4 is 5.43 Å². The lowest BCUT2D eigenvalue weighted by Crippen LogP contribution is -2.33. The third-order valence-corrected chi connectivity index (χ3v) is 4.29. The average Bonchev–Trinajstić information content (AvgIpc) is 2.70. The molecule has 0 unspecified atom stereocenters. The van der Waals surface area contributed by atoms with Crippen molar-refractivity contribution < 1.29 is 14.6 Å². The molecule has 0 atom stereocenters. The highest BCUT2D eigenvalue weighted by molar-refractivity contribution is 6.53. The minimum Gasteiger partial charge on any atom is -0.476 e. The van der Waals surface area contributed by atoms with Crippen LogP contribution in [0.1, 0.15) is 5.56 Å². The molecule has 1 saturated heterocycles. The van der Waals surface area contributed by atoms with Gasteiger partial charge in [0, 0.05) is 29.9 Å². The number of nitrogens with one attached hydrogen (secondary N) is 1. The van der Waals surface area contributed by atoms with Gasteiger partial charge in [0.05, 0.1) is 18.9 Å². The Labute approximate surface area is 162 Å². The Morgan fingerprint density at radius 1 is 1.11 bits per heavy atom. The van der Waals surface area contributed by atoms with Crippen molar-refractivity contribution in [1.29, 1.82) is 0 Å². The van der Waals surface area contributed by atoms with E-state index in [0.717, 1.165) is 5.56 Å². The molecule has 0 radical (unpaired) electrons. The molecule has 140 valence electrons. The zero-order chi connectivity index (χ0) is 19.1. The second kappa shape index (κ2) is 9.21. The van der Waals surface area contributed by atoms with E-state index in [2.05, 4.69) is 10.5 Å². The van der Waals surface area contributed by atoms with Gasteiger partial charge in [-0.3, -0.25) is 5.43 Å². The van der Waals surface area contributed by atoms with E-state index in [0.29, 0.717) is 42.6 Å². The molecule has 0 saturated carbocycles. The van der Waals surface area contributed by atoms with Crippen molar-refractivity contribution in [2.24, 2.45) is 5.10 Å². The van der Waals surface area contributed by atoms with Crippen LogP contribution >= 0.6 is 11.6 Å². The van der Waals surface area contributed by atoms with Crippen molar-refractivity contribution >= 4 is 34.5 Å². The number of nitrogens with zero attached hydrogens (tertiary/aromatic N) is 2. The first-order chi connectivity index (χ1) is 13.1. The molecule has 6 nitrogen and oxygen atoms in total. The fraction of sp³-hybridized carbons (Fsp3) is 0.200. The summed E-state index contributed by atoms with van der Waals surface area (Å²) in [6.07, 6.45) is 1.84. The number of carbonyl (C=O) groups is 1. The Morgan fingerprint density at radius 2 is 1.78 bits per heavy atom. The van der Waals surface area contributed by atoms with Gasteiger partial charge in [0.25, 0.3) is 0 Å². The number of hydrogen-bond acceptors (Lipinski definition) is 5. The first kappa shape index (κ1) is 18.9. The van der Waals surface area contributed by atoms with E-state index < -0.39 is 5.97 Å². The summed E-state index contributed by atoms with van der Waals surface area (Å²) in [6, 6.07) is 16.3. The van der Waals surface area contributed by atoms with Gasteiger partial charge in [-0.2, -0.15) is 5.10 Å². The van der Waals surface area contributed by atoms with Gasteiger partial charge in [0.2, 0.25) is 0 Å². The maximum Gasteiger partial charge on any atom is 0.357 e. The number of anilines is 1. The van der Waals surface area contributed by atoms with Gasteiger partial charge in [-0.25, -0.2) is 4.79 Å². The topological polar surface area (TPSA) is 74.2 Å². The lowest BCUT2D eigenvalue weighted by atomic mass is 10.0. The zero-order valence-corrected chi connectivity index (χ0v) is 15.4. The van der Waals surface area contributed by atoms with Gasteiger partial charge in [-0.15, -0.1) is 0 Å². The molecule has 0 bridgehead atoms.